The summed E-state index contributed by atoms with van der Waals surface area (Å²) in [5.41, 5.74) is 4.36. The Bertz CT molecular complexity index is 734. The number of ether oxygens (including phenoxy) is 4. The van der Waals surface area contributed by atoms with E-state index in [1.807, 2.05) is 0 Å². The molecule has 0 aromatic heterocycles. The van der Waals surface area contributed by atoms with E-state index in [-0.39, 0.29) is 50.8 Å². The largest absolute Gasteiger partial charge is 0.466 e. The third kappa shape index (κ3) is 31.2. The lowest BCUT2D eigenvalue weighted by Crippen LogP contribution is -2.45. The average Bonchev–Trinajstić information content (AvgIpc) is 2.66. The van der Waals surface area contributed by atoms with E-state index < -0.39 is 34.2 Å². The number of hydrogen-bond acceptors (Lipinski definition) is 11. The molecule has 12 nitrogen and oxygen atoms in total. The molecule has 0 aromatic carbocycles. The van der Waals surface area contributed by atoms with Gasteiger partial charge in [-0.15, -0.1) is 0 Å². The van der Waals surface area contributed by atoms with E-state index in [9.17, 15) is 28.8 Å². The van der Waals surface area contributed by atoms with Crippen LogP contribution in [0.2, 0.25) is 0 Å². The average molecular weight is 555 g/mol. The van der Waals surface area contributed by atoms with Crippen LogP contribution in [0, 0.1) is 0 Å². The van der Waals surface area contributed by atoms with E-state index in [0.29, 0.717) is 13.2 Å². The highest BCUT2D eigenvalue weighted by Gasteiger charge is 2.25. The Morgan fingerprint density at radius 2 is 1.00 bits per heavy atom. The Hall–Kier alpha value is -2.73. The first-order valence-electron chi connectivity index (χ1n) is 11.8. The number of amides is 1. The predicted molar refractivity (Wildman–Crippen MR) is 136 cm³/mol. The quantitative estimate of drug-likeness (QED) is 0.147. The zero-order chi connectivity index (χ0) is 29.7. The van der Waals surface area contributed by atoms with Crippen molar-refractivity contribution in [3.63, 3.8) is 0 Å². The fourth-order valence-corrected chi connectivity index (χ4v) is 2.40. The summed E-state index contributed by atoms with van der Waals surface area (Å²) in [6.07, 6.45) is -0.355. The molecule has 0 aliphatic carbocycles. The number of halogens is 1. The minimum Gasteiger partial charge on any atom is -0.466 e. The maximum absolute atomic E-state index is 11.5. The molecule has 37 heavy (non-hydrogen) atoms. The van der Waals surface area contributed by atoms with Gasteiger partial charge in [-0.1, -0.05) is 0 Å². The molecule has 0 heterocycles. The fraction of sp³-hybridized carbons (Fsp3) is 0.750. The molecule has 0 aromatic rings. The molecule has 0 radical (unpaired) electrons. The van der Waals surface area contributed by atoms with Crippen molar-refractivity contribution in [2.75, 3.05) is 26.4 Å². The summed E-state index contributed by atoms with van der Waals surface area (Å²) in [5.74, 6) is -2.24. The van der Waals surface area contributed by atoms with Gasteiger partial charge in [0.25, 0.3) is 0 Å². The first-order chi connectivity index (χ1) is 16.9. The molecule has 0 unspecified atom stereocenters. The van der Waals surface area contributed by atoms with Crippen molar-refractivity contribution in [2.45, 2.75) is 92.2 Å². The summed E-state index contributed by atoms with van der Waals surface area (Å²) >= 11 is 4.87. The zero-order valence-electron chi connectivity index (χ0n) is 23.2. The number of carbonyl (C=O) groups excluding carboxylic acids is 6. The third-order valence-electron chi connectivity index (χ3n) is 3.47. The molecule has 0 rings (SSSR count). The van der Waals surface area contributed by atoms with Crippen LogP contribution < -0.4 is 11.1 Å². The molecule has 0 atom stereocenters. The van der Waals surface area contributed by atoms with Gasteiger partial charge in [0.05, 0.1) is 39.3 Å². The SMILES string of the molecule is CCOC(=O)CC(=O)Cl.CCOC(=O)CC(=O)NC(C)(C)CC(=O)OCC.CCOC(=O)CC(C)(C)N. The van der Waals surface area contributed by atoms with Gasteiger partial charge in [-0.3, -0.25) is 28.8 Å². The molecule has 13 heteroatoms. The second kappa shape index (κ2) is 21.4. The second-order valence-electron chi connectivity index (χ2n) is 8.70. The third-order valence-corrected chi connectivity index (χ3v) is 3.61. The van der Waals surface area contributed by atoms with Gasteiger partial charge in [0.1, 0.15) is 12.8 Å². The maximum atomic E-state index is 11.5. The predicted octanol–water partition coefficient (Wildman–Crippen LogP) is 2.17. The maximum Gasteiger partial charge on any atom is 0.315 e. The summed E-state index contributed by atoms with van der Waals surface area (Å²) in [4.78, 5) is 65.0. The van der Waals surface area contributed by atoms with E-state index in [1.54, 1.807) is 55.4 Å². The van der Waals surface area contributed by atoms with Crippen LogP contribution >= 0.6 is 11.6 Å². The number of esters is 4. The Morgan fingerprint density at radius 1 is 0.649 bits per heavy atom. The van der Waals surface area contributed by atoms with E-state index in [0.717, 1.165) is 0 Å². The van der Waals surface area contributed by atoms with E-state index >= 15 is 0 Å². The molecule has 0 spiro atoms. The van der Waals surface area contributed by atoms with Crippen LogP contribution in [0.3, 0.4) is 0 Å². The molecular weight excluding hydrogens is 512 g/mol. The molecule has 1 amide bonds. The van der Waals surface area contributed by atoms with Crippen molar-refractivity contribution < 1.29 is 47.7 Å². The van der Waals surface area contributed by atoms with Crippen molar-refractivity contribution in [1.29, 1.82) is 0 Å². The first kappa shape index (κ1) is 38.8. The lowest BCUT2D eigenvalue weighted by molar-refractivity contribution is -0.147. The van der Waals surface area contributed by atoms with Gasteiger partial charge < -0.3 is 30.0 Å². The molecule has 0 fully saturated rings. The number of nitrogens with one attached hydrogen (secondary N) is 1. The van der Waals surface area contributed by atoms with Gasteiger partial charge in [0, 0.05) is 11.1 Å². The molecule has 0 saturated heterocycles. The van der Waals surface area contributed by atoms with E-state index in [4.69, 9.17) is 26.8 Å². The number of nitrogens with two attached hydrogens (primary N) is 1. The van der Waals surface area contributed by atoms with E-state index in [2.05, 4.69) is 14.8 Å². The molecule has 0 aliphatic rings. The second-order valence-corrected chi connectivity index (χ2v) is 9.12. The Morgan fingerprint density at radius 3 is 1.35 bits per heavy atom. The van der Waals surface area contributed by atoms with Crippen LogP contribution in [-0.2, 0) is 47.7 Å². The monoisotopic (exact) mass is 554 g/mol. The number of carbonyl (C=O) groups is 6. The van der Waals surface area contributed by atoms with Gasteiger partial charge in [-0.05, 0) is 67.0 Å². The van der Waals surface area contributed by atoms with Gasteiger partial charge in [-0.2, -0.15) is 0 Å². The van der Waals surface area contributed by atoms with Crippen LogP contribution in [0.1, 0.15) is 81.1 Å². The summed E-state index contributed by atoms with van der Waals surface area (Å²) in [6.45, 7) is 15.0. The lowest BCUT2D eigenvalue weighted by atomic mass is 10.0. The summed E-state index contributed by atoms with van der Waals surface area (Å²) in [5, 5.41) is 1.91. The lowest BCUT2D eigenvalue weighted by Gasteiger charge is -2.24. The van der Waals surface area contributed by atoms with Crippen molar-refractivity contribution in [3.8, 4) is 0 Å². The van der Waals surface area contributed by atoms with Crippen LogP contribution in [-0.4, -0.2) is 72.5 Å². The van der Waals surface area contributed by atoms with Crippen LogP contribution in [0.25, 0.3) is 0 Å². The van der Waals surface area contributed by atoms with Crippen molar-refractivity contribution in [1.82, 2.24) is 5.32 Å². The number of rotatable bonds is 13. The summed E-state index contributed by atoms with van der Waals surface area (Å²) in [7, 11) is 0. The van der Waals surface area contributed by atoms with Gasteiger partial charge in [0.2, 0.25) is 11.1 Å². The standard InChI is InChI=1S/C12H21NO5.C7H15NO2.C5H7ClO3/c1-5-17-10(15)7-9(14)13-12(3,4)8-11(16)18-6-2;1-4-10-6(9)5-7(2,3)8;1-2-9-5(8)3-4(6)7/h5-8H2,1-4H3,(H,13,14);4-5,8H2,1-3H3;2-3H2,1H3. The Kier molecular flexibility index (Phi) is 22.4. The van der Waals surface area contributed by atoms with Gasteiger partial charge in [0.15, 0.2) is 0 Å². The van der Waals surface area contributed by atoms with Crippen molar-refractivity contribution in [3.05, 3.63) is 0 Å². The molecule has 3 N–H and O–H groups in total. The van der Waals surface area contributed by atoms with Crippen molar-refractivity contribution in [2.24, 2.45) is 5.73 Å². The zero-order valence-corrected chi connectivity index (χ0v) is 24.0. The smallest absolute Gasteiger partial charge is 0.315 e. The fourth-order valence-electron chi connectivity index (χ4n) is 2.29. The Balaban J connectivity index is -0.000000515. The van der Waals surface area contributed by atoms with Gasteiger partial charge >= 0.3 is 23.9 Å². The summed E-state index contributed by atoms with van der Waals surface area (Å²) < 4.78 is 18.6. The minimum absolute atomic E-state index is 0.0510. The van der Waals surface area contributed by atoms with Gasteiger partial charge in [-0.25, -0.2) is 0 Å². The highest BCUT2D eigenvalue weighted by Crippen LogP contribution is 2.10. The molecule has 0 aliphatic heterocycles. The van der Waals surface area contributed by atoms with Crippen LogP contribution in [0.5, 0.6) is 0 Å². The topological polar surface area (TPSA) is 177 Å². The Labute approximate surface area is 224 Å². The molecule has 216 valence electrons. The first-order valence-corrected chi connectivity index (χ1v) is 12.2. The summed E-state index contributed by atoms with van der Waals surface area (Å²) in [6, 6.07) is 0. The molecule has 0 bridgehead atoms. The normalized spacial score (nSPS) is 10.3. The molecule has 0 saturated carbocycles. The number of hydrogen-bond donors (Lipinski definition) is 2. The minimum atomic E-state index is -0.754. The van der Waals surface area contributed by atoms with Crippen LogP contribution in [0.15, 0.2) is 0 Å². The van der Waals surface area contributed by atoms with Crippen LogP contribution in [0.4, 0.5) is 0 Å². The highest BCUT2D eigenvalue weighted by atomic mass is 35.5. The van der Waals surface area contributed by atoms with Crippen molar-refractivity contribution >= 4 is 46.6 Å². The molecular formula is C24H43ClN2O10. The highest BCUT2D eigenvalue weighted by molar-refractivity contribution is 6.64. The van der Waals surface area contributed by atoms with E-state index in [1.165, 1.54) is 0 Å².